The molecule has 4 heteroatoms. The van der Waals surface area contributed by atoms with Crippen LogP contribution in [0.25, 0.3) is 0 Å². The summed E-state index contributed by atoms with van der Waals surface area (Å²) in [4.78, 5) is 9.61. The average molecular weight is 140 g/mol. The maximum absolute atomic E-state index is 9.61. The van der Waals surface area contributed by atoms with E-state index in [0.29, 0.717) is 0 Å². The van der Waals surface area contributed by atoms with Crippen molar-refractivity contribution in [3.63, 3.8) is 0 Å². The van der Waals surface area contributed by atoms with Crippen molar-refractivity contribution in [2.75, 3.05) is 0 Å². The molecule has 0 atom stereocenters. The van der Waals surface area contributed by atoms with Crippen LogP contribution in [0.2, 0.25) is 0 Å². The van der Waals surface area contributed by atoms with Crippen molar-refractivity contribution in [1.29, 1.82) is 0 Å². The van der Waals surface area contributed by atoms with Gasteiger partial charge < -0.3 is 5.11 Å². The molecule has 0 fully saturated rings. The Bertz CT molecular complexity index is 108. The van der Waals surface area contributed by atoms with Crippen LogP contribution in [-0.4, -0.2) is 11.1 Å². The summed E-state index contributed by atoms with van der Waals surface area (Å²) in [6, 6.07) is 0. The van der Waals surface area contributed by atoms with E-state index in [1.807, 2.05) is 0 Å². The van der Waals surface area contributed by atoms with Gasteiger partial charge in [-0.15, -0.1) is 0 Å². The van der Waals surface area contributed by atoms with E-state index in [0.717, 1.165) is 0 Å². The second kappa shape index (κ2) is 2.88. The minimum atomic E-state index is -1.27. The Hall–Kier alpha value is -0.210. The van der Waals surface area contributed by atoms with Crippen molar-refractivity contribution in [3.8, 4) is 0 Å². The van der Waals surface area contributed by atoms with Gasteiger partial charge in [-0.05, 0) is 0 Å². The molecule has 0 saturated carbocycles. The normalized spacial score (nSPS) is 11.4. The molecule has 0 aromatic rings. The molecule has 0 aliphatic carbocycles. The molecule has 0 aliphatic rings. The number of rotatable bonds is 1. The molecule has 0 spiro atoms. The zero-order valence-electron chi connectivity index (χ0n) is 3.11. The first-order valence-electron chi connectivity index (χ1n) is 1.31. The zero-order chi connectivity index (χ0) is 5.86. The molecule has 0 amide bonds. The topological polar surface area (TPSA) is 37.3 Å². The fourth-order valence-electron chi connectivity index (χ4n) is 0.0404. The molecule has 0 aliphatic heterocycles. The largest absolute Gasteiger partial charge is 0.477 e. The summed E-state index contributed by atoms with van der Waals surface area (Å²) in [7, 11) is 0. The van der Waals surface area contributed by atoms with Crippen molar-refractivity contribution in [1.82, 2.24) is 0 Å². The highest BCUT2D eigenvalue weighted by Crippen LogP contribution is 1.99. The van der Waals surface area contributed by atoms with Crippen LogP contribution >= 0.6 is 23.2 Å². The van der Waals surface area contributed by atoms with Crippen molar-refractivity contribution in [2.45, 2.75) is 0 Å². The number of carboxylic acid groups (broad SMARTS) is 1. The zero-order valence-corrected chi connectivity index (χ0v) is 4.62. The van der Waals surface area contributed by atoms with E-state index in [9.17, 15) is 4.79 Å². The van der Waals surface area contributed by atoms with Crippen LogP contribution in [0.15, 0.2) is 5.03 Å². The van der Waals surface area contributed by atoms with E-state index in [1.54, 1.807) is 5.54 Å². The number of carboxylic acids is 1. The van der Waals surface area contributed by atoms with Crippen LogP contribution in [0.5, 0.6) is 0 Å². The summed E-state index contributed by atoms with van der Waals surface area (Å²) < 4.78 is 0. The lowest BCUT2D eigenvalue weighted by Crippen LogP contribution is -1.91. The van der Waals surface area contributed by atoms with E-state index >= 15 is 0 Å². The second-order valence-electron chi connectivity index (χ2n) is 0.714. The van der Waals surface area contributed by atoms with Gasteiger partial charge in [0.1, 0.15) is 5.03 Å². The van der Waals surface area contributed by atoms with E-state index < -0.39 is 11.0 Å². The third kappa shape index (κ3) is 2.48. The molecule has 39 valence electrons. The Morgan fingerprint density at radius 1 is 1.71 bits per heavy atom. The fourth-order valence-corrected chi connectivity index (χ4v) is 0.121. The maximum Gasteiger partial charge on any atom is 0.348 e. The van der Waals surface area contributed by atoms with Gasteiger partial charge in [0.15, 0.2) is 0 Å². The van der Waals surface area contributed by atoms with Crippen LogP contribution in [0.3, 0.4) is 0 Å². The summed E-state index contributed by atoms with van der Waals surface area (Å²) in [5.41, 5.74) is 1.72. The van der Waals surface area contributed by atoms with Crippen molar-refractivity contribution in [2.24, 2.45) is 0 Å². The smallest absolute Gasteiger partial charge is 0.348 e. The van der Waals surface area contributed by atoms with Gasteiger partial charge in [-0.3, -0.25) is 0 Å². The molecule has 0 rings (SSSR count). The Balaban J connectivity index is 3.82. The number of carbonyl (C=O) groups is 1. The van der Waals surface area contributed by atoms with Gasteiger partial charge in [0.2, 0.25) is 0 Å². The highest BCUT2D eigenvalue weighted by atomic mass is 35.5. The van der Waals surface area contributed by atoms with E-state index in [-0.39, 0.29) is 0 Å². The fraction of sp³-hybridized carbons (Fsp3) is 0. The van der Waals surface area contributed by atoms with Crippen LogP contribution in [-0.2, 0) is 4.79 Å². The molecule has 0 unspecified atom stereocenters. The minimum Gasteiger partial charge on any atom is -0.477 e. The third-order valence-electron chi connectivity index (χ3n) is 0.271. The lowest BCUT2D eigenvalue weighted by Gasteiger charge is -1.78. The van der Waals surface area contributed by atoms with Crippen LogP contribution in [0.1, 0.15) is 0 Å². The molecule has 1 N–H and O–H groups in total. The van der Waals surface area contributed by atoms with E-state index in [2.05, 4.69) is 0 Å². The average Bonchev–Trinajstić information content (AvgIpc) is 1.65. The summed E-state index contributed by atoms with van der Waals surface area (Å²) >= 11 is 9.62. The molecule has 0 saturated heterocycles. The predicted octanol–water partition coefficient (Wildman–Crippen LogP) is 1.19. The highest BCUT2D eigenvalue weighted by Gasteiger charge is 1.99. The number of hydrogen-bond acceptors (Lipinski definition) is 1. The summed E-state index contributed by atoms with van der Waals surface area (Å²) in [6.45, 7) is 0. The van der Waals surface area contributed by atoms with Crippen LogP contribution in [0, 0.1) is 5.54 Å². The first kappa shape index (κ1) is 6.79. The second-order valence-corrected chi connectivity index (χ2v) is 1.28. The molecule has 2 nitrogen and oxygen atoms in total. The maximum atomic E-state index is 9.61. The summed E-state index contributed by atoms with van der Waals surface area (Å²) in [5.74, 6) is -1.27. The monoisotopic (exact) mass is 139 g/mol. The first-order valence-corrected chi connectivity index (χ1v) is 2.06. The summed E-state index contributed by atoms with van der Waals surface area (Å²) in [5, 5.41) is 7.37. The quantitative estimate of drug-likeness (QED) is 0.555. The highest BCUT2D eigenvalue weighted by molar-refractivity contribution is 6.44. The van der Waals surface area contributed by atoms with E-state index in [1.165, 1.54) is 0 Å². The number of hydrogen-bond donors (Lipinski definition) is 1. The van der Waals surface area contributed by atoms with Gasteiger partial charge in [-0.25, -0.2) is 4.79 Å². The van der Waals surface area contributed by atoms with Crippen molar-refractivity contribution >= 4 is 29.2 Å². The lowest BCUT2D eigenvalue weighted by molar-refractivity contribution is -0.131. The molecule has 0 bridgehead atoms. The Morgan fingerprint density at radius 2 is 2.14 bits per heavy atom. The van der Waals surface area contributed by atoms with Crippen LogP contribution < -0.4 is 0 Å². The molecule has 1 radical (unpaired) electrons. The Kier molecular flexibility index (Phi) is 2.79. The minimum absolute atomic E-state index is 0.498. The molecule has 0 aromatic carbocycles. The van der Waals surface area contributed by atoms with Gasteiger partial charge in [-0.1, -0.05) is 23.2 Å². The molecule has 0 aromatic heterocycles. The van der Waals surface area contributed by atoms with Gasteiger partial charge in [0.25, 0.3) is 0 Å². The SMILES string of the molecule is O=C(O)/C(Cl)=[C]/Cl. The van der Waals surface area contributed by atoms with Crippen molar-refractivity contribution in [3.05, 3.63) is 10.6 Å². The van der Waals surface area contributed by atoms with E-state index in [4.69, 9.17) is 28.3 Å². The number of aliphatic carboxylic acids is 1. The molecular weight excluding hydrogens is 139 g/mol. The first-order chi connectivity index (χ1) is 3.18. The van der Waals surface area contributed by atoms with Gasteiger partial charge in [-0.2, -0.15) is 0 Å². The standard InChI is InChI=1S/C3HCl2O2/c4-1-2(5)3(6)7/h(H,6,7). The van der Waals surface area contributed by atoms with Crippen molar-refractivity contribution < 1.29 is 9.90 Å². The molecular formula is C3HCl2O2. The molecule has 0 heterocycles. The van der Waals surface area contributed by atoms with Crippen LogP contribution in [0.4, 0.5) is 0 Å². The summed E-state index contributed by atoms with van der Waals surface area (Å²) in [6.07, 6.45) is 0. The number of halogens is 2. The van der Waals surface area contributed by atoms with Gasteiger partial charge in [0.05, 0.1) is 5.54 Å². The van der Waals surface area contributed by atoms with Gasteiger partial charge in [0, 0.05) is 0 Å². The predicted molar refractivity (Wildman–Crippen MR) is 26.1 cm³/mol. The van der Waals surface area contributed by atoms with Gasteiger partial charge >= 0.3 is 5.97 Å². The third-order valence-corrected chi connectivity index (χ3v) is 0.813. The molecule has 7 heavy (non-hydrogen) atoms. The Labute approximate surface area is 50.3 Å². The Morgan fingerprint density at radius 3 is 2.14 bits per heavy atom. The lowest BCUT2D eigenvalue weighted by atomic mass is 10.7.